The van der Waals surface area contributed by atoms with Gasteiger partial charge in [-0.25, -0.2) is 0 Å². The highest BCUT2D eigenvalue weighted by molar-refractivity contribution is 5.97. The molecule has 110 valence electrons. The van der Waals surface area contributed by atoms with Crippen LogP contribution in [0.25, 0.3) is 0 Å². The first-order chi connectivity index (χ1) is 10.2. The highest BCUT2D eigenvalue weighted by atomic mass is 16.5. The van der Waals surface area contributed by atoms with Crippen LogP contribution in [0.5, 0.6) is 17.2 Å². The molecule has 0 amide bonds. The van der Waals surface area contributed by atoms with Crippen molar-refractivity contribution in [3.63, 3.8) is 0 Å². The molecule has 0 N–H and O–H groups in total. The molecule has 0 aromatic heterocycles. The van der Waals surface area contributed by atoms with E-state index in [2.05, 4.69) is 0 Å². The van der Waals surface area contributed by atoms with E-state index in [0.717, 1.165) is 11.3 Å². The molecule has 0 saturated heterocycles. The minimum Gasteiger partial charge on any atom is -0.497 e. The van der Waals surface area contributed by atoms with E-state index >= 15 is 0 Å². The molecule has 0 aliphatic carbocycles. The van der Waals surface area contributed by atoms with Gasteiger partial charge in [-0.1, -0.05) is 6.07 Å². The summed E-state index contributed by atoms with van der Waals surface area (Å²) in [6.45, 7) is 0. The van der Waals surface area contributed by atoms with Crippen LogP contribution < -0.4 is 14.2 Å². The summed E-state index contributed by atoms with van der Waals surface area (Å²) < 4.78 is 15.5. The average molecular weight is 286 g/mol. The average Bonchev–Trinajstić information content (AvgIpc) is 2.55. The molecule has 0 heterocycles. The van der Waals surface area contributed by atoms with Gasteiger partial charge in [-0.2, -0.15) is 0 Å². The second kappa shape index (κ2) is 6.79. The van der Waals surface area contributed by atoms with Crippen molar-refractivity contribution >= 4 is 5.78 Å². The van der Waals surface area contributed by atoms with E-state index in [1.54, 1.807) is 51.7 Å². The lowest BCUT2D eigenvalue weighted by atomic mass is 10.0. The van der Waals surface area contributed by atoms with E-state index in [-0.39, 0.29) is 12.2 Å². The first-order valence-corrected chi connectivity index (χ1v) is 6.56. The Morgan fingerprint density at radius 1 is 0.857 bits per heavy atom. The van der Waals surface area contributed by atoms with E-state index in [4.69, 9.17) is 14.2 Å². The number of carbonyl (C=O) groups is 1. The zero-order valence-electron chi connectivity index (χ0n) is 12.4. The topological polar surface area (TPSA) is 44.8 Å². The maximum absolute atomic E-state index is 12.3. The van der Waals surface area contributed by atoms with Gasteiger partial charge in [0.2, 0.25) is 0 Å². The van der Waals surface area contributed by atoms with Gasteiger partial charge < -0.3 is 14.2 Å². The Balaban J connectivity index is 2.18. The van der Waals surface area contributed by atoms with Crippen molar-refractivity contribution < 1.29 is 19.0 Å². The molecule has 0 unspecified atom stereocenters. The SMILES string of the molecule is COc1ccc(C(=O)Cc2ccc(OC)cc2OC)cc1. The van der Waals surface area contributed by atoms with Crippen LogP contribution >= 0.6 is 0 Å². The molecule has 2 rings (SSSR count). The van der Waals surface area contributed by atoms with Gasteiger partial charge in [0, 0.05) is 23.6 Å². The molecule has 0 fully saturated rings. The lowest BCUT2D eigenvalue weighted by Gasteiger charge is -2.10. The Morgan fingerprint density at radius 3 is 2.05 bits per heavy atom. The van der Waals surface area contributed by atoms with Crippen LogP contribution in [0.15, 0.2) is 42.5 Å². The normalized spacial score (nSPS) is 10.0. The smallest absolute Gasteiger partial charge is 0.167 e. The number of Topliss-reactive ketones (excluding diaryl/α,β-unsaturated/α-hetero) is 1. The molecule has 0 radical (unpaired) electrons. The van der Waals surface area contributed by atoms with E-state index < -0.39 is 0 Å². The van der Waals surface area contributed by atoms with Crippen LogP contribution in [0.2, 0.25) is 0 Å². The van der Waals surface area contributed by atoms with Gasteiger partial charge in [0.05, 0.1) is 21.3 Å². The van der Waals surface area contributed by atoms with Crippen LogP contribution in [0.3, 0.4) is 0 Å². The van der Waals surface area contributed by atoms with E-state index in [9.17, 15) is 4.79 Å². The fourth-order valence-electron chi connectivity index (χ4n) is 2.05. The highest BCUT2D eigenvalue weighted by Gasteiger charge is 2.12. The lowest BCUT2D eigenvalue weighted by molar-refractivity contribution is 0.0992. The third-order valence-electron chi connectivity index (χ3n) is 3.26. The zero-order chi connectivity index (χ0) is 15.2. The largest absolute Gasteiger partial charge is 0.497 e. The van der Waals surface area contributed by atoms with Gasteiger partial charge in [-0.15, -0.1) is 0 Å². The van der Waals surface area contributed by atoms with Gasteiger partial charge in [-0.3, -0.25) is 4.79 Å². The summed E-state index contributed by atoms with van der Waals surface area (Å²) in [5.41, 5.74) is 1.48. The molecule has 21 heavy (non-hydrogen) atoms. The quantitative estimate of drug-likeness (QED) is 0.765. The number of ether oxygens (including phenoxy) is 3. The minimum absolute atomic E-state index is 0.0288. The van der Waals surface area contributed by atoms with E-state index in [1.165, 1.54) is 0 Å². The first-order valence-electron chi connectivity index (χ1n) is 6.56. The summed E-state index contributed by atoms with van der Waals surface area (Å²) in [5, 5.41) is 0. The Labute approximate surface area is 124 Å². The monoisotopic (exact) mass is 286 g/mol. The molecule has 0 bridgehead atoms. The number of ketones is 1. The van der Waals surface area contributed by atoms with Crippen molar-refractivity contribution in [2.75, 3.05) is 21.3 Å². The Hall–Kier alpha value is -2.49. The van der Waals surface area contributed by atoms with Crippen LogP contribution in [-0.4, -0.2) is 27.1 Å². The predicted molar refractivity (Wildman–Crippen MR) is 80.6 cm³/mol. The Bertz CT molecular complexity index is 617. The number of rotatable bonds is 6. The van der Waals surface area contributed by atoms with Crippen LogP contribution in [0, 0.1) is 0 Å². The van der Waals surface area contributed by atoms with Gasteiger partial charge in [0.25, 0.3) is 0 Å². The second-order valence-corrected chi connectivity index (χ2v) is 4.51. The van der Waals surface area contributed by atoms with Crippen LogP contribution in [-0.2, 0) is 6.42 Å². The summed E-state index contributed by atoms with van der Waals surface area (Å²) in [4.78, 5) is 12.3. The number of methoxy groups -OCH3 is 3. The number of benzene rings is 2. The van der Waals surface area contributed by atoms with Crippen molar-refractivity contribution in [1.82, 2.24) is 0 Å². The molecule has 4 nitrogen and oxygen atoms in total. The molecular weight excluding hydrogens is 268 g/mol. The third kappa shape index (κ3) is 3.54. The molecule has 0 atom stereocenters. The molecule has 0 saturated carbocycles. The second-order valence-electron chi connectivity index (χ2n) is 4.51. The first kappa shape index (κ1) is 14.9. The van der Waals surface area contributed by atoms with Crippen LogP contribution in [0.4, 0.5) is 0 Å². The van der Waals surface area contributed by atoms with Gasteiger partial charge >= 0.3 is 0 Å². The highest BCUT2D eigenvalue weighted by Crippen LogP contribution is 2.26. The van der Waals surface area contributed by atoms with E-state index in [1.807, 2.05) is 12.1 Å². The summed E-state index contributed by atoms with van der Waals surface area (Å²) in [6, 6.07) is 12.5. The molecule has 2 aromatic carbocycles. The fraction of sp³-hybridized carbons (Fsp3) is 0.235. The molecule has 0 aliphatic heterocycles. The molecule has 0 spiro atoms. The van der Waals surface area contributed by atoms with Gasteiger partial charge in [0.1, 0.15) is 17.2 Å². The lowest BCUT2D eigenvalue weighted by Crippen LogP contribution is -2.05. The molecule has 0 aliphatic rings. The van der Waals surface area contributed by atoms with Crippen molar-refractivity contribution in [1.29, 1.82) is 0 Å². The van der Waals surface area contributed by atoms with Crippen LogP contribution in [0.1, 0.15) is 15.9 Å². The Morgan fingerprint density at radius 2 is 1.48 bits per heavy atom. The number of carbonyl (C=O) groups excluding carboxylic acids is 1. The maximum atomic E-state index is 12.3. The van der Waals surface area contributed by atoms with Crippen molar-refractivity contribution in [3.05, 3.63) is 53.6 Å². The summed E-state index contributed by atoms with van der Waals surface area (Å²) in [6.07, 6.45) is 0.277. The Kier molecular flexibility index (Phi) is 4.82. The standard InChI is InChI=1S/C17H18O4/c1-19-14-7-4-12(5-8-14)16(18)10-13-6-9-15(20-2)11-17(13)21-3/h4-9,11H,10H2,1-3H3. The summed E-state index contributed by atoms with van der Waals surface area (Å²) in [7, 11) is 4.77. The summed E-state index contributed by atoms with van der Waals surface area (Å²) in [5.74, 6) is 2.11. The van der Waals surface area contributed by atoms with E-state index in [0.29, 0.717) is 17.1 Å². The zero-order valence-corrected chi connectivity index (χ0v) is 12.4. The number of hydrogen-bond donors (Lipinski definition) is 0. The van der Waals surface area contributed by atoms with Crippen molar-refractivity contribution in [2.24, 2.45) is 0 Å². The number of hydrogen-bond acceptors (Lipinski definition) is 4. The maximum Gasteiger partial charge on any atom is 0.167 e. The minimum atomic E-state index is 0.0288. The molecular formula is C17H18O4. The molecule has 4 heteroatoms. The predicted octanol–water partition coefficient (Wildman–Crippen LogP) is 3.14. The van der Waals surface area contributed by atoms with Gasteiger partial charge in [-0.05, 0) is 30.3 Å². The van der Waals surface area contributed by atoms with Crippen molar-refractivity contribution in [3.8, 4) is 17.2 Å². The molecule has 2 aromatic rings. The summed E-state index contributed by atoms with van der Waals surface area (Å²) >= 11 is 0. The third-order valence-corrected chi connectivity index (χ3v) is 3.26. The van der Waals surface area contributed by atoms with Crippen molar-refractivity contribution in [2.45, 2.75) is 6.42 Å². The van der Waals surface area contributed by atoms with Gasteiger partial charge in [0.15, 0.2) is 5.78 Å². The fourth-order valence-corrected chi connectivity index (χ4v) is 2.05.